The lowest BCUT2D eigenvalue weighted by Gasteiger charge is -2.21. The highest BCUT2D eigenvalue weighted by molar-refractivity contribution is 9.09. The van der Waals surface area contributed by atoms with Crippen LogP contribution in [-0.2, 0) is 6.54 Å². The van der Waals surface area contributed by atoms with Crippen LogP contribution in [0.2, 0.25) is 0 Å². The van der Waals surface area contributed by atoms with E-state index in [2.05, 4.69) is 45.1 Å². The topological polar surface area (TPSA) is 20.3 Å². The lowest BCUT2D eigenvalue weighted by molar-refractivity contribution is 0.0924. The Bertz CT molecular complexity index is 571. The summed E-state index contributed by atoms with van der Waals surface area (Å²) in [6.45, 7) is 2.27. The summed E-state index contributed by atoms with van der Waals surface area (Å²) in [6, 6.07) is 20.0. The first-order valence-corrected chi connectivity index (χ1v) is 9.32. The van der Waals surface area contributed by atoms with Crippen LogP contribution in [0, 0.1) is 0 Å². The predicted octanol–water partition coefficient (Wildman–Crippen LogP) is 4.94. The predicted molar refractivity (Wildman–Crippen MR) is 100 cm³/mol. The number of carbonyl (C=O) groups excluding carboxylic acids is 1. The second kappa shape index (κ2) is 10.3. The number of hydrogen-bond acceptors (Lipinski definition) is 2. The first kappa shape index (κ1) is 17.9. The van der Waals surface area contributed by atoms with E-state index in [1.165, 1.54) is 18.4 Å². The molecule has 0 aliphatic rings. The summed E-state index contributed by atoms with van der Waals surface area (Å²) in [4.78, 5) is 14.7. The second-order valence-corrected chi connectivity index (χ2v) is 6.53. The quantitative estimate of drug-likeness (QED) is 0.334. The van der Waals surface area contributed by atoms with Gasteiger partial charge in [0.05, 0.1) is 6.54 Å². The van der Waals surface area contributed by atoms with Crippen LogP contribution in [0.5, 0.6) is 0 Å². The molecule has 23 heavy (non-hydrogen) atoms. The first-order chi connectivity index (χ1) is 11.3. The molecule has 3 heteroatoms. The Balaban J connectivity index is 1.96. The third kappa shape index (κ3) is 6.67. The van der Waals surface area contributed by atoms with Crippen LogP contribution in [0.3, 0.4) is 0 Å². The Morgan fingerprint density at radius 2 is 1.52 bits per heavy atom. The maximum Gasteiger partial charge on any atom is 0.176 e. The number of nitrogens with zero attached hydrogens (tertiary/aromatic N) is 1. The Morgan fingerprint density at radius 1 is 0.870 bits per heavy atom. The van der Waals surface area contributed by atoms with Gasteiger partial charge in [-0.2, -0.15) is 0 Å². The van der Waals surface area contributed by atoms with Gasteiger partial charge >= 0.3 is 0 Å². The molecule has 0 spiro atoms. The number of rotatable bonds is 10. The van der Waals surface area contributed by atoms with Crippen molar-refractivity contribution >= 4 is 21.7 Å². The van der Waals surface area contributed by atoms with E-state index < -0.39 is 0 Å². The van der Waals surface area contributed by atoms with Crippen LogP contribution < -0.4 is 0 Å². The van der Waals surface area contributed by atoms with Crippen LogP contribution in [0.15, 0.2) is 60.7 Å². The van der Waals surface area contributed by atoms with Crippen molar-refractivity contribution in [2.75, 3.05) is 18.4 Å². The maximum atomic E-state index is 12.5. The molecular formula is C20H24BrNO. The molecule has 0 unspecified atom stereocenters. The molecule has 0 atom stereocenters. The fraction of sp³-hybridized carbons (Fsp3) is 0.350. The molecule has 0 saturated heterocycles. The minimum absolute atomic E-state index is 0.196. The van der Waals surface area contributed by atoms with Crippen molar-refractivity contribution < 1.29 is 4.79 Å². The lowest BCUT2D eigenvalue weighted by atomic mass is 10.1. The summed E-state index contributed by atoms with van der Waals surface area (Å²) in [5, 5.41) is 1.05. The van der Waals surface area contributed by atoms with Crippen LogP contribution in [0.1, 0.15) is 35.2 Å². The van der Waals surface area contributed by atoms with Gasteiger partial charge in [-0.1, -0.05) is 83.0 Å². The minimum Gasteiger partial charge on any atom is -0.293 e. The van der Waals surface area contributed by atoms with Crippen molar-refractivity contribution in [2.45, 2.75) is 25.8 Å². The van der Waals surface area contributed by atoms with E-state index in [0.717, 1.165) is 30.4 Å². The highest BCUT2D eigenvalue weighted by Gasteiger charge is 2.12. The number of carbonyl (C=O) groups is 1. The number of ketones is 1. The van der Waals surface area contributed by atoms with Crippen LogP contribution in [0.4, 0.5) is 0 Å². The molecule has 0 saturated carbocycles. The molecular weight excluding hydrogens is 350 g/mol. The summed E-state index contributed by atoms with van der Waals surface area (Å²) in [5.41, 5.74) is 2.06. The summed E-state index contributed by atoms with van der Waals surface area (Å²) < 4.78 is 0. The van der Waals surface area contributed by atoms with Gasteiger partial charge in [-0.05, 0) is 24.9 Å². The van der Waals surface area contributed by atoms with E-state index >= 15 is 0 Å². The fourth-order valence-corrected chi connectivity index (χ4v) is 2.98. The average molecular weight is 374 g/mol. The number of benzene rings is 2. The molecule has 0 aliphatic heterocycles. The van der Waals surface area contributed by atoms with Gasteiger partial charge in [-0.25, -0.2) is 0 Å². The van der Waals surface area contributed by atoms with Gasteiger partial charge in [0.1, 0.15) is 0 Å². The van der Waals surface area contributed by atoms with E-state index in [4.69, 9.17) is 0 Å². The summed E-state index contributed by atoms with van der Waals surface area (Å²) in [6.07, 6.45) is 3.50. The first-order valence-electron chi connectivity index (χ1n) is 8.20. The number of Topliss-reactive ketones (excluding diaryl/α,β-unsaturated/α-hetero) is 1. The Labute approximate surface area is 147 Å². The van der Waals surface area contributed by atoms with Crippen molar-refractivity contribution in [3.8, 4) is 0 Å². The second-order valence-electron chi connectivity index (χ2n) is 5.74. The molecule has 0 bridgehead atoms. The number of unbranched alkanes of at least 4 members (excludes halogenated alkanes) is 2. The average Bonchev–Trinajstić information content (AvgIpc) is 2.60. The smallest absolute Gasteiger partial charge is 0.176 e. The summed E-state index contributed by atoms with van der Waals surface area (Å²) in [5.74, 6) is 0.196. The molecule has 2 nitrogen and oxygen atoms in total. The van der Waals surface area contributed by atoms with Gasteiger partial charge in [0, 0.05) is 17.4 Å². The van der Waals surface area contributed by atoms with E-state index in [1.807, 2.05) is 36.4 Å². The Morgan fingerprint density at radius 3 is 2.17 bits per heavy atom. The standard InChI is InChI=1S/C20H24BrNO/c21-14-8-3-9-15-22(16-18-10-4-1-5-11-18)17-20(23)19-12-6-2-7-13-19/h1-2,4-7,10-13H,3,8-9,14-17H2. The number of alkyl halides is 1. The van der Waals surface area contributed by atoms with Gasteiger partial charge in [-0.3, -0.25) is 9.69 Å². The molecule has 2 aromatic rings. The summed E-state index contributed by atoms with van der Waals surface area (Å²) in [7, 11) is 0. The van der Waals surface area contributed by atoms with E-state index in [9.17, 15) is 4.79 Å². The van der Waals surface area contributed by atoms with E-state index in [-0.39, 0.29) is 5.78 Å². The van der Waals surface area contributed by atoms with Crippen molar-refractivity contribution in [1.82, 2.24) is 4.90 Å². The zero-order valence-electron chi connectivity index (χ0n) is 13.5. The molecule has 0 radical (unpaired) electrons. The lowest BCUT2D eigenvalue weighted by Crippen LogP contribution is -2.30. The number of halogens is 1. The highest BCUT2D eigenvalue weighted by atomic mass is 79.9. The molecule has 0 amide bonds. The molecule has 0 N–H and O–H groups in total. The van der Waals surface area contributed by atoms with Crippen molar-refractivity contribution in [3.63, 3.8) is 0 Å². The SMILES string of the molecule is O=C(CN(CCCCCBr)Cc1ccccc1)c1ccccc1. The van der Waals surface area contributed by atoms with Crippen molar-refractivity contribution in [2.24, 2.45) is 0 Å². The van der Waals surface area contributed by atoms with Crippen LogP contribution >= 0.6 is 15.9 Å². The Kier molecular flexibility index (Phi) is 8.05. The molecule has 0 aromatic heterocycles. The Hall–Kier alpha value is -1.45. The molecule has 2 rings (SSSR count). The van der Waals surface area contributed by atoms with Gasteiger partial charge < -0.3 is 0 Å². The minimum atomic E-state index is 0.196. The van der Waals surface area contributed by atoms with Crippen molar-refractivity contribution in [1.29, 1.82) is 0 Å². The normalized spacial score (nSPS) is 10.9. The third-order valence-corrected chi connectivity index (χ3v) is 4.38. The largest absolute Gasteiger partial charge is 0.293 e. The molecule has 2 aromatic carbocycles. The van der Waals surface area contributed by atoms with Crippen LogP contribution in [-0.4, -0.2) is 29.1 Å². The molecule has 0 fully saturated rings. The molecule has 0 heterocycles. The van der Waals surface area contributed by atoms with Crippen molar-refractivity contribution in [3.05, 3.63) is 71.8 Å². The van der Waals surface area contributed by atoms with Gasteiger partial charge in [0.25, 0.3) is 0 Å². The zero-order valence-corrected chi connectivity index (χ0v) is 15.0. The van der Waals surface area contributed by atoms with Gasteiger partial charge in [0.15, 0.2) is 5.78 Å². The third-order valence-electron chi connectivity index (χ3n) is 3.82. The summed E-state index contributed by atoms with van der Waals surface area (Å²) >= 11 is 3.47. The highest BCUT2D eigenvalue weighted by Crippen LogP contribution is 2.09. The van der Waals surface area contributed by atoms with Gasteiger partial charge in [0.2, 0.25) is 0 Å². The number of hydrogen-bond donors (Lipinski definition) is 0. The maximum absolute atomic E-state index is 12.5. The van der Waals surface area contributed by atoms with E-state index in [1.54, 1.807) is 0 Å². The monoisotopic (exact) mass is 373 g/mol. The zero-order chi connectivity index (χ0) is 16.3. The van der Waals surface area contributed by atoms with Crippen LogP contribution in [0.25, 0.3) is 0 Å². The van der Waals surface area contributed by atoms with Gasteiger partial charge in [-0.15, -0.1) is 0 Å². The fourth-order valence-electron chi connectivity index (χ4n) is 2.58. The van der Waals surface area contributed by atoms with E-state index in [0.29, 0.717) is 6.54 Å². The molecule has 0 aliphatic carbocycles. The molecule has 122 valence electrons.